The summed E-state index contributed by atoms with van der Waals surface area (Å²) in [5.41, 5.74) is 7.61. The molecule has 0 spiro atoms. The molecule has 0 saturated carbocycles. The molecule has 1 aromatic rings. The summed E-state index contributed by atoms with van der Waals surface area (Å²) in [5.74, 6) is 0.170. The molecule has 3 N–H and O–H groups in total. The highest BCUT2D eigenvalue weighted by atomic mass is 79.9. The van der Waals surface area contributed by atoms with E-state index in [2.05, 4.69) is 22.5 Å². The Morgan fingerprint density at radius 2 is 2.17 bits per heavy atom. The average molecular weight is 228 g/mol. The molecule has 12 heavy (non-hydrogen) atoms. The van der Waals surface area contributed by atoms with Crippen molar-refractivity contribution >= 4 is 27.2 Å². The third-order valence-corrected chi connectivity index (χ3v) is 2.26. The van der Waals surface area contributed by atoms with Crippen molar-refractivity contribution in [3.8, 4) is 5.75 Å². The van der Waals surface area contributed by atoms with Crippen LogP contribution < -0.4 is 5.73 Å². The molecule has 64 valence electrons. The molecule has 0 saturated heterocycles. The molecule has 0 unspecified atom stereocenters. The van der Waals surface area contributed by atoms with Gasteiger partial charge in [0, 0.05) is 21.8 Å². The van der Waals surface area contributed by atoms with Gasteiger partial charge >= 0.3 is 0 Å². The van der Waals surface area contributed by atoms with Crippen molar-refractivity contribution in [3.05, 3.63) is 28.7 Å². The van der Waals surface area contributed by atoms with Crippen LogP contribution in [-0.2, 0) is 0 Å². The van der Waals surface area contributed by atoms with E-state index in [9.17, 15) is 5.11 Å². The average Bonchev–Trinajstić information content (AvgIpc) is 1.96. The van der Waals surface area contributed by atoms with Crippen LogP contribution in [-0.4, -0.2) is 5.11 Å². The van der Waals surface area contributed by atoms with Crippen molar-refractivity contribution in [2.75, 3.05) is 5.73 Å². The van der Waals surface area contributed by atoms with Gasteiger partial charge in [-0.25, -0.2) is 0 Å². The first-order valence-electron chi connectivity index (χ1n) is 3.46. The summed E-state index contributed by atoms with van der Waals surface area (Å²) >= 11 is 3.27. The van der Waals surface area contributed by atoms with E-state index in [0.29, 0.717) is 5.69 Å². The van der Waals surface area contributed by atoms with Crippen molar-refractivity contribution in [2.45, 2.75) is 6.92 Å². The number of nitrogen functional groups attached to an aromatic ring is 1. The Labute approximate surface area is 79.8 Å². The van der Waals surface area contributed by atoms with Gasteiger partial charge in [0.25, 0.3) is 0 Å². The summed E-state index contributed by atoms with van der Waals surface area (Å²) in [6.07, 6.45) is 0. The topological polar surface area (TPSA) is 46.2 Å². The van der Waals surface area contributed by atoms with Gasteiger partial charge in [-0.1, -0.05) is 6.58 Å². The molecule has 0 aliphatic heterocycles. The second kappa shape index (κ2) is 3.19. The Balaban J connectivity index is 3.33. The monoisotopic (exact) mass is 227 g/mol. The van der Waals surface area contributed by atoms with Gasteiger partial charge in [-0.3, -0.25) is 0 Å². The zero-order valence-corrected chi connectivity index (χ0v) is 8.35. The fourth-order valence-corrected chi connectivity index (χ4v) is 1.26. The van der Waals surface area contributed by atoms with E-state index in [0.717, 1.165) is 15.6 Å². The van der Waals surface area contributed by atoms with Crippen LogP contribution in [0.15, 0.2) is 23.2 Å². The Bertz CT molecular complexity index is 334. The minimum Gasteiger partial charge on any atom is -0.507 e. The molecular weight excluding hydrogens is 218 g/mol. The molecule has 0 atom stereocenters. The number of phenolic OH excluding ortho intramolecular Hbond substituents is 1. The Kier molecular flexibility index (Phi) is 2.43. The van der Waals surface area contributed by atoms with Crippen LogP contribution in [0.5, 0.6) is 5.75 Å². The van der Waals surface area contributed by atoms with Gasteiger partial charge < -0.3 is 10.8 Å². The maximum absolute atomic E-state index is 9.42. The molecule has 1 aromatic carbocycles. The number of phenols is 1. The van der Waals surface area contributed by atoms with Gasteiger partial charge in [-0.2, -0.15) is 0 Å². The predicted molar refractivity (Wildman–Crippen MR) is 54.9 cm³/mol. The lowest BCUT2D eigenvalue weighted by Gasteiger charge is -2.06. The first-order chi connectivity index (χ1) is 5.52. The molecular formula is C9H10BrNO. The summed E-state index contributed by atoms with van der Waals surface area (Å²) < 4.78 is 0.776. The molecule has 3 heteroatoms. The smallest absolute Gasteiger partial charge is 0.125 e. The fourth-order valence-electron chi connectivity index (χ4n) is 0.920. The highest BCUT2D eigenvalue weighted by molar-refractivity contribution is 9.10. The normalized spacial score (nSPS) is 9.83. The summed E-state index contributed by atoms with van der Waals surface area (Å²) in [4.78, 5) is 0. The van der Waals surface area contributed by atoms with Crippen LogP contribution in [0, 0.1) is 0 Å². The lowest BCUT2D eigenvalue weighted by molar-refractivity contribution is 0.474. The van der Waals surface area contributed by atoms with Gasteiger partial charge in [-0.05, 0) is 34.5 Å². The number of aromatic hydroxyl groups is 1. The molecule has 0 aliphatic carbocycles. The van der Waals surface area contributed by atoms with E-state index in [-0.39, 0.29) is 5.75 Å². The molecule has 0 radical (unpaired) electrons. The maximum atomic E-state index is 9.42. The van der Waals surface area contributed by atoms with E-state index in [1.54, 1.807) is 6.07 Å². The zero-order chi connectivity index (χ0) is 9.30. The van der Waals surface area contributed by atoms with Crippen molar-refractivity contribution in [3.63, 3.8) is 0 Å². The van der Waals surface area contributed by atoms with Crippen molar-refractivity contribution < 1.29 is 5.11 Å². The number of hydrogen-bond acceptors (Lipinski definition) is 2. The van der Waals surface area contributed by atoms with Gasteiger partial charge in [0.1, 0.15) is 5.75 Å². The first kappa shape index (κ1) is 9.13. The summed E-state index contributed by atoms with van der Waals surface area (Å²) in [6.45, 7) is 5.57. The standard InChI is InChI=1S/C9H10BrNO/c1-5(2)6-3-7(10)8(11)4-9(6)12/h3-4,12H,1,11H2,2H3. The summed E-state index contributed by atoms with van der Waals surface area (Å²) in [5, 5.41) is 9.42. The minimum absolute atomic E-state index is 0.170. The van der Waals surface area contributed by atoms with E-state index in [4.69, 9.17) is 5.73 Å². The molecule has 0 aromatic heterocycles. The molecule has 0 amide bonds. The van der Waals surface area contributed by atoms with Gasteiger partial charge in [-0.15, -0.1) is 0 Å². The van der Waals surface area contributed by atoms with Gasteiger partial charge in [0.2, 0.25) is 0 Å². The molecule has 1 rings (SSSR count). The Morgan fingerprint density at radius 1 is 1.58 bits per heavy atom. The van der Waals surface area contributed by atoms with E-state index in [1.807, 2.05) is 6.92 Å². The molecule has 0 fully saturated rings. The number of allylic oxidation sites excluding steroid dienone is 1. The zero-order valence-electron chi connectivity index (χ0n) is 6.76. The number of anilines is 1. The highest BCUT2D eigenvalue weighted by Gasteiger charge is 2.05. The number of nitrogens with two attached hydrogens (primary N) is 1. The number of halogens is 1. The lowest BCUT2D eigenvalue weighted by Crippen LogP contribution is -1.88. The SMILES string of the molecule is C=C(C)c1cc(Br)c(N)cc1O. The molecule has 0 bridgehead atoms. The molecule has 0 aliphatic rings. The summed E-state index contributed by atoms with van der Waals surface area (Å²) in [7, 11) is 0. The van der Waals surface area contributed by atoms with E-state index < -0.39 is 0 Å². The number of benzene rings is 1. The van der Waals surface area contributed by atoms with E-state index >= 15 is 0 Å². The Hall–Kier alpha value is -0.960. The lowest BCUT2D eigenvalue weighted by atomic mass is 10.1. The minimum atomic E-state index is 0.170. The number of rotatable bonds is 1. The van der Waals surface area contributed by atoms with Gasteiger partial charge in [0.05, 0.1) is 0 Å². The third-order valence-electron chi connectivity index (χ3n) is 1.57. The van der Waals surface area contributed by atoms with Crippen LogP contribution in [0.2, 0.25) is 0 Å². The van der Waals surface area contributed by atoms with Crippen LogP contribution in [0.4, 0.5) is 5.69 Å². The quantitative estimate of drug-likeness (QED) is 0.726. The third kappa shape index (κ3) is 1.61. The second-order valence-corrected chi connectivity index (χ2v) is 3.53. The van der Waals surface area contributed by atoms with Gasteiger partial charge in [0.15, 0.2) is 0 Å². The highest BCUT2D eigenvalue weighted by Crippen LogP contribution is 2.31. The van der Waals surface area contributed by atoms with Crippen LogP contribution in [0.25, 0.3) is 5.57 Å². The van der Waals surface area contributed by atoms with Crippen LogP contribution in [0.1, 0.15) is 12.5 Å². The first-order valence-corrected chi connectivity index (χ1v) is 4.25. The van der Waals surface area contributed by atoms with Crippen molar-refractivity contribution in [1.29, 1.82) is 0 Å². The largest absolute Gasteiger partial charge is 0.507 e. The van der Waals surface area contributed by atoms with Crippen molar-refractivity contribution in [1.82, 2.24) is 0 Å². The second-order valence-electron chi connectivity index (χ2n) is 2.67. The number of hydrogen-bond donors (Lipinski definition) is 2. The van der Waals surface area contributed by atoms with Crippen LogP contribution in [0.3, 0.4) is 0 Å². The molecule has 0 heterocycles. The molecule has 2 nitrogen and oxygen atoms in total. The summed E-state index contributed by atoms with van der Waals surface area (Å²) in [6, 6.07) is 3.26. The van der Waals surface area contributed by atoms with Crippen LogP contribution >= 0.6 is 15.9 Å². The van der Waals surface area contributed by atoms with E-state index in [1.165, 1.54) is 6.07 Å². The Morgan fingerprint density at radius 3 is 2.67 bits per heavy atom. The predicted octanol–water partition coefficient (Wildman–Crippen LogP) is 2.77. The maximum Gasteiger partial charge on any atom is 0.125 e. The fraction of sp³-hybridized carbons (Fsp3) is 0.111. The van der Waals surface area contributed by atoms with Crippen molar-refractivity contribution in [2.24, 2.45) is 0 Å².